The summed E-state index contributed by atoms with van der Waals surface area (Å²) in [5, 5.41) is 2.92. The highest BCUT2D eigenvalue weighted by Crippen LogP contribution is 2.29. The number of nitrogens with two attached hydrogens (primary N) is 1. The first kappa shape index (κ1) is 16.6. The van der Waals surface area contributed by atoms with Crippen molar-refractivity contribution in [2.75, 3.05) is 23.4 Å². The Morgan fingerprint density at radius 1 is 1.52 bits per heavy atom. The topological polar surface area (TPSA) is 72.2 Å². The highest BCUT2D eigenvalue weighted by molar-refractivity contribution is 7.99. The minimum absolute atomic E-state index is 0.299. The van der Waals surface area contributed by atoms with Gasteiger partial charge in [-0.3, -0.25) is 0 Å². The largest absolute Gasteiger partial charge is 0.389 e. The molecule has 0 spiro atoms. The molecule has 0 radical (unpaired) electrons. The van der Waals surface area contributed by atoms with E-state index in [4.69, 9.17) is 18.0 Å². The van der Waals surface area contributed by atoms with Gasteiger partial charge in [-0.2, -0.15) is 0 Å². The zero-order valence-corrected chi connectivity index (χ0v) is 14.4. The fourth-order valence-corrected chi connectivity index (χ4v) is 5.42. The maximum atomic E-state index is 11.9. The Labute approximate surface area is 135 Å². The van der Waals surface area contributed by atoms with Gasteiger partial charge in [-0.25, -0.2) is 8.42 Å². The summed E-state index contributed by atoms with van der Waals surface area (Å²) in [5.74, 6) is 1.23. The number of sulfone groups is 1. The van der Waals surface area contributed by atoms with Crippen molar-refractivity contribution in [3.05, 3.63) is 23.8 Å². The molecule has 1 fully saturated rings. The van der Waals surface area contributed by atoms with E-state index >= 15 is 0 Å². The molecule has 116 valence electrons. The van der Waals surface area contributed by atoms with Crippen LogP contribution < -0.4 is 11.1 Å². The predicted octanol–water partition coefficient (Wildman–Crippen LogP) is 2.42. The summed E-state index contributed by atoms with van der Waals surface area (Å²) < 4.78 is 23.8. The van der Waals surface area contributed by atoms with E-state index in [1.807, 2.05) is 18.2 Å². The molecule has 4 nitrogen and oxygen atoms in total. The smallest absolute Gasteiger partial charge is 0.154 e. The number of hydrogen-bond donors (Lipinski definition) is 2. The van der Waals surface area contributed by atoms with E-state index in [-0.39, 0.29) is 5.25 Å². The van der Waals surface area contributed by atoms with Crippen LogP contribution in [0.3, 0.4) is 0 Å². The zero-order valence-electron chi connectivity index (χ0n) is 12.0. The second kappa shape index (κ2) is 6.98. The van der Waals surface area contributed by atoms with Gasteiger partial charge in [0.2, 0.25) is 0 Å². The predicted molar refractivity (Wildman–Crippen MR) is 94.0 cm³/mol. The maximum Gasteiger partial charge on any atom is 0.154 e. The number of benzene rings is 1. The van der Waals surface area contributed by atoms with E-state index in [9.17, 15) is 8.42 Å². The highest BCUT2D eigenvalue weighted by atomic mass is 32.2. The molecule has 1 aliphatic heterocycles. The summed E-state index contributed by atoms with van der Waals surface area (Å²) in [6, 6.07) is 5.82. The Morgan fingerprint density at radius 3 is 2.86 bits per heavy atom. The molecule has 1 aromatic carbocycles. The summed E-state index contributed by atoms with van der Waals surface area (Å²) in [5.41, 5.74) is 7.48. The van der Waals surface area contributed by atoms with Gasteiger partial charge in [0.1, 0.15) is 4.99 Å². The van der Waals surface area contributed by atoms with Crippen LogP contribution in [-0.2, 0) is 9.84 Å². The molecule has 2 rings (SSSR count). The number of anilines is 1. The molecule has 1 aromatic rings. The van der Waals surface area contributed by atoms with Crippen LogP contribution in [0.4, 0.5) is 5.69 Å². The summed E-state index contributed by atoms with van der Waals surface area (Å²) in [6.45, 7) is 2.48. The fraction of sp³-hybridized carbons (Fsp3) is 0.500. The molecule has 1 aliphatic rings. The molecule has 0 aromatic heterocycles. The Morgan fingerprint density at radius 2 is 2.29 bits per heavy atom. The molecule has 0 saturated carbocycles. The monoisotopic (exact) mass is 344 g/mol. The van der Waals surface area contributed by atoms with Crippen molar-refractivity contribution >= 4 is 44.5 Å². The van der Waals surface area contributed by atoms with E-state index in [2.05, 4.69) is 12.2 Å². The highest BCUT2D eigenvalue weighted by Gasteiger charge is 2.31. The average Bonchev–Trinajstić information content (AvgIpc) is 2.75. The first-order chi connectivity index (χ1) is 9.95. The van der Waals surface area contributed by atoms with Gasteiger partial charge < -0.3 is 11.1 Å². The molecule has 1 heterocycles. The van der Waals surface area contributed by atoms with Crippen molar-refractivity contribution in [2.24, 2.45) is 5.73 Å². The van der Waals surface area contributed by atoms with Crippen molar-refractivity contribution in [1.82, 2.24) is 0 Å². The number of rotatable bonds is 6. The van der Waals surface area contributed by atoms with Gasteiger partial charge in [0.25, 0.3) is 0 Å². The van der Waals surface area contributed by atoms with Crippen LogP contribution in [-0.4, -0.2) is 36.7 Å². The normalized spacial score (nSPS) is 20.3. The van der Waals surface area contributed by atoms with Crippen LogP contribution in [0, 0.1) is 0 Å². The first-order valence-corrected chi connectivity index (χ1v) is 10.1. The fourth-order valence-electron chi connectivity index (χ4n) is 2.52. The van der Waals surface area contributed by atoms with Crippen LogP contribution in [0.2, 0.25) is 0 Å². The molecule has 21 heavy (non-hydrogen) atoms. The molecule has 0 aliphatic carbocycles. The van der Waals surface area contributed by atoms with Gasteiger partial charge in [-0.05, 0) is 30.7 Å². The molecule has 0 bridgehead atoms. The van der Waals surface area contributed by atoms with Crippen molar-refractivity contribution in [1.29, 1.82) is 0 Å². The lowest BCUT2D eigenvalue weighted by Crippen LogP contribution is -2.26. The summed E-state index contributed by atoms with van der Waals surface area (Å²) in [6.07, 6.45) is 1.48. The van der Waals surface area contributed by atoms with Crippen molar-refractivity contribution in [3.8, 4) is 0 Å². The van der Waals surface area contributed by atoms with Crippen LogP contribution >= 0.6 is 24.0 Å². The van der Waals surface area contributed by atoms with Gasteiger partial charge in [-0.15, -0.1) is 11.8 Å². The molecular formula is C14H20N2O2S3. The van der Waals surface area contributed by atoms with E-state index in [0.29, 0.717) is 17.3 Å². The Bertz CT molecular complexity index is 629. The van der Waals surface area contributed by atoms with Crippen LogP contribution in [0.15, 0.2) is 23.1 Å². The van der Waals surface area contributed by atoms with E-state index in [0.717, 1.165) is 34.7 Å². The lowest BCUT2D eigenvalue weighted by molar-refractivity contribution is 0.591. The van der Waals surface area contributed by atoms with Gasteiger partial charge in [0.05, 0.1) is 11.0 Å². The number of thioether (sulfide) groups is 1. The number of hydrogen-bond acceptors (Lipinski definition) is 5. The third-order valence-corrected chi connectivity index (χ3v) is 6.98. The van der Waals surface area contributed by atoms with Crippen molar-refractivity contribution in [3.63, 3.8) is 0 Å². The minimum atomic E-state index is -2.94. The average molecular weight is 345 g/mol. The maximum absolute atomic E-state index is 11.9. The van der Waals surface area contributed by atoms with Crippen LogP contribution in [0.25, 0.3) is 0 Å². The minimum Gasteiger partial charge on any atom is -0.389 e. The van der Waals surface area contributed by atoms with E-state index in [1.54, 1.807) is 11.8 Å². The first-order valence-electron chi connectivity index (χ1n) is 6.96. The van der Waals surface area contributed by atoms with Gasteiger partial charge in [-0.1, -0.05) is 25.2 Å². The quantitative estimate of drug-likeness (QED) is 0.610. The molecule has 3 N–H and O–H groups in total. The van der Waals surface area contributed by atoms with E-state index < -0.39 is 9.84 Å². The zero-order chi connectivity index (χ0) is 15.5. The lowest BCUT2D eigenvalue weighted by Gasteiger charge is -2.17. The van der Waals surface area contributed by atoms with Crippen molar-refractivity contribution < 1.29 is 8.42 Å². The number of thiocarbonyl (C=S) groups is 1. The standard InChI is InChI=1S/C14H20N2O2S3/c1-2-20-12-7-3-6-11(13(12)14(15)19)16-9-10-5-4-8-21(10,17)18/h3,6-7,10,16H,2,4-5,8-9H2,1H3,(H2,15,19). The van der Waals surface area contributed by atoms with E-state index in [1.165, 1.54) is 0 Å². The molecule has 1 atom stereocenters. The third-order valence-electron chi connectivity index (χ3n) is 3.56. The van der Waals surface area contributed by atoms with Crippen LogP contribution in [0.1, 0.15) is 25.3 Å². The molecule has 0 amide bonds. The molecular weight excluding hydrogens is 324 g/mol. The summed E-state index contributed by atoms with van der Waals surface area (Å²) >= 11 is 6.83. The van der Waals surface area contributed by atoms with Gasteiger partial charge >= 0.3 is 0 Å². The van der Waals surface area contributed by atoms with Gasteiger partial charge in [0.15, 0.2) is 9.84 Å². The summed E-state index contributed by atoms with van der Waals surface area (Å²) in [4.78, 5) is 1.37. The second-order valence-electron chi connectivity index (χ2n) is 4.99. The SMILES string of the molecule is CCSc1cccc(NCC2CCCS2(=O)=O)c1C(N)=S. The van der Waals surface area contributed by atoms with Crippen molar-refractivity contribution in [2.45, 2.75) is 29.9 Å². The molecule has 1 unspecified atom stereocenters. The Kier molecular flexibility index (Phi) is 5.51. The Balaban J connectivity index is 2.20. The van der Waals surface area contributed by atoms with Gasteiger partial charge in [0, 0.05) is 22.7 Å². The molecule has 1 saturated heterocycles. The third kappa shape index (κ3) is 3.90. The molecule has 7 heteroatoms. The lowest BCUT2D eigenvalue weighted by atomic mass is 10.1. The Hall–Kier alpha value is -0.790. The number of nitrogens with one attached hydrogen (secondary N) is 1. The van der Waals surface area contributed by atoms with Crippen LogP contribution in [0.5, 0.6) is 0 Å². The second-order valence-corrected chi connectivity index (χ2v) is 9.13. The summed E-state index contributed by atoms with van der Waals surface area (Å²) in [7, 11) is -2.94.